The fourth-order valence-electron chi connectivity index (χ4n) is 3.18. The molecule has 156 valence electrons. The average molecular weight is 445 g/mol. The van der Waals surface area contributed by atoms with Crippen molar-refractivity contribution in [3.05, 3.63) is 82.8 Å². The van der Waals surface area contributed by atoms with Gasteiger partial charge in [0.2, 0.25) is 15.2 Å². The number of nitrogens with zero attached hydrogens (tertiary/aromatic N) is 4. The fraction of sp³-hybridized carbons (Fsp3) is 0.238. The third-order valence-corrected chi connectivity index (χ3v) is 7.21. The van der Waals surface area contributed by atoms with Gasteiger partial charge in [0.25, 0.3) is 0 Å². The second-order valence-corrected chi connectivity index (χ2v) is 9.49. The lowest BCUT2D eigenvalue weighted by atomic mass is 10.1. The van der Waals surface area contributed by atoms with Crippen LogP contribution in [0.1, 0.15) is 17.0 Å². The van der Waals surface area contributed by atoms with E-state index in [1.807, 2.05) is 30.3 Å². The van der Waals surface area contributed by atoms with Crippen molar-refractivity contribution in [1.29, 1.82) is 0 Å². The van der Waals surface area contributed by atoms with Gasteiger partial charge in [-0.1, -0.05) is 42.5 Å². The van der Waals surface area contributed by atoms with Crippen LogP contribution in [0, 0.1) is 5.82 Å². The van der Waals surface area contributed by atoms with E-state index in [1.165, 1.54) is 33.4 Å². The van der Waals surface area contributed by atoms with Gasteiger partial charge in [-0.15, -0.1) is 0 Å². The third kappa shape index (κ3) is 5.10. The van der Waals surface area contributed by atoms with Crippen LogP contribution in [0.25, 0.3) is 6.08 Å². The van der Waals surface area contributed by atoms with Crippen molar-refractivity contribution in [3.63, 3.8) is 0 Å². The van der Waals surface area contributed by atoms with Crippen molar-refractivity contribution >= 4 is 32.8 Å². The molecule has 0 spiro atoms. The van der Waals surface area contributed by atoms with Crippen LogP contribution in [0.4, 0.5) is 9.52 Å². The first-order chi connectivity index (χ1) is 14.5. The highest BCUT2D eigenvalue weighted by Crippen LogP contribution is 2.22. The lowest BCUT2D eigenvalue weighted by molar-refractivity contribution is 0.390. The van der Waals surface area contributed by atoms with Crippen molar-refractivity contribution in [3.8, 4) is 0 Å². The van der Waals surface area contributed by atoms with Gasteiger partial charge in [-0.25, -0.2) is 17.8 Å². The number of hydrogen-bond donors (Lipinski definition) is 0. The molecule has 0 amide bonds. The smallest absolute Gasteiger partial charge is 0.236 e. The lowest BCUT2D eigenvalue weighted by Crippen LogP contribution is -2.48. The molecular weight excluding hydrogens is 423 g/mol. The summed E-state index contributed by atoms with van der Waals surface area (Å²) in [4.78, 5) is 6.63. The van der Waals surface area contributed by atoms with Gasteiger partial charge in [-0.2, -0.15) is 8.68 Å². The maximum Gasteiger partial charge on any atom is 0.236 e. The molecule has 30 heavy (non-hydrogen) atoms. The first-order valence-corrected chi connectivity index (χ1v) is 11.8. The minimum absolute atomic E-state index is 0.267. The Morgan fingerprint density at radius 1 is 1.00 bits per heavy atom. The molecule has 2 heterocycles. The maximum atomic E-state index is 13.0. The van der Waals surface area contributed by atoms with Gasteiger partial charge in [-0.05, 0) is 29.3 Å². The van der Waals surface area contributed by atoms with Gasteiger partial charge in [0.15, 0.2) is 0 Å². The Hall–Kier alpha value is -2.62. The first-order valence-electron chi connectivity index (χ1n) is 9.55. The molecule has 1 saturated heterocycles. The van der Waals surface area contributed by atoms with Gasteiger partial charge >= 0.3 is 0 Å². The predicted molar refractivity (Wildman–Crippen MR) is 117 cm³/mol. The number of halogens is 1. The minimum atomic E-state index is -3.46. The van der Waals surface area contributed by atoms with E-state index in [4.69, 9.17) is 0 Å². The predicted octanol–water partition coefficient (Wildman–Crippen LogP) is 3.39. The zero-order valence-corrected chi connectivity index (χ0v) is 17.8. The number of piperazine rings is 1. The Labute approximate surface area is 179 Å². The Balaban J connectivity index is 1.35. The van der Waals surface area contributed by atoms with Crippen LogP contribution in [0.15, 0.2) is 60.0 Å². The van der Waals surface area contributed by atoms with Crippen LogP contribution < -0.4 is 4.90 Å². The summed E-state index contributed by atoms with van der Waals surface area (Å²) in [6, 6.07) is 15.7. The normalized spacial score (nSPS) is 15.7. The van der Waals surface area contributed by atoms with E-state index >= 15 is 0 Å². The Morgan fingerprint density at radius 2 is 1.70 bits per heavy atom. The molecule has 0 unspecified atom stereocenters. The molecule has 0 aliphatic carbocycles. The number of benzene rings is 2. The monoisotopic (exact) mass is 444 g/mol. The fourth-order valence-corrected chi connectivity index (χ4v) is 5.09. The summed E-state index contributed by atoms with van der Waals surface area (Å²) in [6.45, 7) is 1.91. The Morgan fingerprint density at radius 3 is 2.40 bits per heavy atom. The van der Waals surface area contributed by atoms with Crippen molar-refractivity contribution in [1.82, 2.24) is 13.7 Å². The number of rotatable bonds is 6. The second kappa shape index (κ2) is 9.03. The topological polar surface area (TPSA) is 66.4 Å². The number of hydrogen-bond acceptors (Lipinski definition) is 6. The van der Waals surface area contributed by atoms with E-state index in [1.54, 1.807) is 18.2 Å². The summed E-state index contributed by atoms with van der Waals surface area (Å²) in [5, 5.41) is 2.05. The molecule has 0 radical (unpaired) electrons. The molecule has 0 bridgehead atoms. The molecule has 1 fully saturated rings. The van der Waals surface area contributed by atoms with Gasteiger partial charge in [0.1, 0.15) is 11.6 Å². The van der Waals surface area contributed by atoms with Gasteiger partial charge < -0.3 is 4.90 Å². The highest BCUT2D eigenvalue weighted by atomic mass is 32.2. The standard InChI is InChI=1S/C21H21FN4O2S2/c22-19-8-6-18(7-9-19)16-20-23-21(29-24-20)25-11-13-26(14-12-25)30(27,28)15-10-17-4-2-1-3-5-17/h1-10,15H,11-14,16H2. The SMILES string of the molecule is O=S(=O)(C=Cc1ccccc1)N1CCN(c2nc(Cc3ccc(F)cc3)ns2)CC1. The molecule has 0 N–H and O–H groups in total. The lowest BCUT2D eigenvalue weighted by Gasteiger charge is -2.32. The summed E-state index contributed by atoms with van der Waals surface area (Å²) in [5.74, 6) is 0.416. The first kappa shape index (κ1) is 20.6. The van der Waals surface area contributed by atoms with E-state index in [0.717, 1.165) is 16.3 Å². The number of aromatic nitrogens is 2. The van der Waals surface area contributed by atoms with Crippen LogP contribution in [0.2, 0.25) is 0 Å². The van der Waals surface area contributed by atoms with Crippen molar-refractivity contribution < 1.29 is 12.8 Å². The van der Waals surface area contributed by atoms with Gasteiger partial charge in [0.05, 0.1) is 0 Å². The van der Waals surface area contributed by atoms with E-state index in [2.05, 4.69) is 14.3 Å². The molecule has 9 heteroatoms. The van der Waals surface area contributed by atoms with Crippen LogP contribution in [-0.2, 0) is 16.4 Å². The molecule has 3 aromatic rings. The molecule has 4 rings (SSSR count). The molecule has 2 aromatic carbocycles. The van der Waals surface area contributed by atoms with Crippen molar-refractivity contribution in [2.24, 2.45) is 0 Å². The summed E-state index contributed by atoms with van der Waals surface area (Å²) in [7, 11) is -3.46. The summed E-state index contributed by atoms with van der Waals surface area (Å²) >= 11 is 1.30. The van der Waals surface area contributed by atoms with E-state index in [-0.39, 0.29) is 5.82 Å². The average Bonchev–Trinajstić information content (AvgIpc) is 3.23. The summed E-state index contributed by atoms with van der Waals surface area (Å²) < 4.78 is 44.1. The molecule has 0 saturated carbocycles. The highest BCUT2D eigenvalue weighted by Gasteiger charge is 2.26. The van der Waals surface area contributed by atoms with Crippen molar-refractivity contribution in [2.75, 3.05) is 31.1 Å². The van der Waals surface area contributed by atoms with E-state index in [0.29, 0.717) is 38.4 Å². The maximum absolute atomic E-state index is 13.0. The third-order valence-electron chi connectivity index (χ3n) is 4.83. The molecule has 1 aliphatic rings. The van der Waals surface area contributed by atoms with Crippen LogP contribution in [0.5, 0.6) is 0 Å². The number of anilines is 1. The molecule has 6 nitrogen and oxygen atoms in total. The van der Waals surface area contributed by atoms with E-state index < -0.39 is 10.0 Å². The Kier molecular flexibility index (Phi) is 6.21. The molecule has 0 atom stereocenters. The van der Waals surface area contributed by atoms with Crippen LogP contribution in [-0.4, -0.2) is 48.3 Å². The second-order valence-electron chi connectivity index (χ2n) is 6.94. The minimum Gasteiger partial charge on any atom is -0.344 e. The van der Waals surface area contributed by atoms with Gasteiger partial charge in [0, 0.05) is 49.5 Å². The zero-order chi connectivity index (χ0) is 21.0. The summed E-state index contributed by atoms with van der Waals surface area (Å²) in [5.41, 5.74) is 1.80. The quantitative estimate of drug-likeness (QED) is 0.583. The molecule has 1 aromatic heterocycles. The molecular formula is C21H21FN4O2S2. The highest BCUT2D eigenvalue weighted by molar-refractivity contribution is 7.92. The van der Waals surface area contributed by atoms with Gasteiger partial charge in [-0.3, -0.25) is 0 Å². The van der Waals surface area contributed by atoms with Crippen LogP contribution in [0.3, 0.4) is 0 Å². The van der Waals surface area contributed by atoms with Crippen LogP contribution >= 0.6 is 11.5 Å². The number of sulfonamides is 1. The zero-order valence-electron chi connectivity index (χ0n) is 16.2. The largest absolute Gasteiger partial charge is 0.344 e. The van der Waals surface area contributed by atoms with Crippen molar-refractivity contribution in [2.45, 2.75) is 6.42 Å². The molecule has 1 aliphatic heterocycles. The summed E-state index contributed by atoms with van der Waals surface area (Å²) in [6.07, 6.45) is 2.16. The van der Waals surface area contributed by atoms with E-state index in [9.17, 15) is 12.8 Å². The Bertz CT molecular complexity index is 1110.